The topological polar surface area (TPSA) is 98.0 Å². The number of carbonyl (C=O) groups excluding carboxylic acids is 1. The minimum atomic E-state index is -0.779. The fraction of sp³-hybridized carbons (Fsp3) is 0.500. The molecule has 2 amide bonds. The fourth-order valence-corrected chi connectivity index (χ4v) is 2.34. The molecule has 1 heterocycles. The van der Waals surface area contributed by atoms with Gasteiger partial charge in [0, 0.05) is 6.54 Å². The van der Waals surface area contributed by atoms with Crippen molar-refractivity contribution in [3.63, 3.8) is 0 Å². The van der Waals surface area contributed by atoms with Crippen molar-refractivity contribution in [1.29, 1.82) is 5.26 Å². The van der Waals surface area contributed by atoms with E-state index in [1.165, 1.54) is 12.3 Å². The summed E-state index contributed by atoms with van der Waals surface area (Å²) in [5.74, 6) is 0. The lowest BCUT2D eigenvalue weighted by molar-refractivity contribution is 0.00755. The van der Waals surface area contributed by atoms with Crippen molar-refractivity contribution >= 4 is 11.7 Å². The van der Waals surface area contributed by atoms with Gasteiger partial charge in [0.05, 0.1) is 17.5 Å². The van der Waals surface area contributed by atoms with Gasteiger partial charge >= 0.3 is 6.03 Å². The average molecular weight is 274 g/mol. The zero-order valence-corrected chi connectivity index (χ0v) is 11.2. The lowest BCUT2D eigenvalue weighted by atomic mass is 9.85. The Bertz CT molecular complexity index is 501. The van der Waals surface area contributed by atoms with Gasteiger partial charge in [0.15, 0.2) is 0 Å². The summed E-state index contributed by atoms with van der Waals surface area (Å²) in [6.45, 7) is 0.253. The van der Waals surface area contributed by atoms with Gasteiger partial charge in [0.25, 0.3) is 0 Å². The second kappa shape index (κ2) is 6.35. The normalized spacial score (nSPS) is 17.0. The van der Waals surface area contributed by atoms with E-state index in [0.717, 1.165) is 32.1 Å². The molecule has 0 unspecified atom stereocenters. The van der Waals surface area contributed by atoms with E-state index in [0.29, 0.717) is 11.4 Å². The van der Waals surface area contributed by atoms with Crippen LogP contribution in [0.15, 0.2) is 18.3 Å². The Kier molecular flexibility index (Phi) is 4.53. The lowest BCUT2D eigenvalue weighted by Crippen LogP contribution is -2.45. The molecule has 1 aromatic heterocycles. The van der Waals surface area contributed by atoms with Gasteiger partial charge in [-0.2, -0.15) is 5.26 Å². The highest BCUT2D eigenvalue weighted by Gasteiger charge is 2.29. The Balaban J connectivity index is 1.81. The summed E-state index contributed by atoms with van der Waals surface area (Å²) in [6, 6.07) is 4.67. The number of nitriles is 1. The van der Waals surface area contributed by atoms with E-state index in [4.69, 9.17) is 5.26 Å². The van der Waals surface area contributed by atoms with E-state index < -0.39 is 5.60 Å². The second-order valence-corrected chi connectivity index (χ2v) is 5.14. The molecule has 0 aliphatic heterocycles. The molecule has 0 spiro atoms. The molecule has 1 fully saturated rings. The molecule has 2 rings (SSSR count). The van der Waals surface area contributed by atoms with Crippen LogP contribution in [0.2, 0.25) is 0 Å². The Labute approximate surface area is 117 Å². The average Bonchev–Trinajstić information content (AvgIpc) is 2.47. The van der Waals surface area contributed by atoms with Gasteiger partial charge < -0.3 is 15.7 Å². The van der Waals surface area contributed by atoms with Crippen molar-refractivity contribution in [2.45, 2.75) is 37.7 Å². The molecule has 0 bridgehead atoms. The number of hydrogen-bond acceptors (Lipinski definition) is 4. The number of hydrogen-bond donors (Lipinski definition) is 3. The van der Waals surface area contributed by atoms with Crippen molar-refractivity contribution in [2.24, 2.45) is 0 Å². The number of nitrogens with one attached hydrogen (secondary N) is 2. The van der Waals surface area contributed by atoms with E-state index in [9.17, 15) is 9.90 Å². The summed E-state index contributed by atoms with van der Waals surface area (Å²) in [5, 5.41) is 24.2. The minimum absolute atomic E-state index is 0.253. The summed E-state index contributed by atoms with van der Waals surface area (Å²) < 4.78 is 0. The highest BCUT2D eigenvalue weighted by Crippen LogP contribution is 2.27. The number of rotatable bonds is 3. The first-order valence-corrected chi connectivity index (χ1v) is 6.75. The van der Waals surface area contributed by atoms with Gasteiger partial charge in [0.1, 0.15) is 11.8 Å². The van der Waals surface area contributed by atoms with Gasteiger partial charge in [0.2, 0.25) is 0 Å². The van der Waals surface area contributed by atoms with Gasteiger partial charge in [-0.3, -0.25) is 0 Å². The van der Waals surface area contributed by atoms with Gasteiger partial charge in [-0.1, -0.05) is 19.3 Å². The van der Waals surface area contributed by atoms with Crippen LogP contribution in [0.25, 0.3) is 0 Å². The number of aliphatic hydroxyl groups is 1. The summed E-state index contributed by atoms with van der Waals surface area (Å²) in [7, 11) is 0. The smallest absolute Gasteiger partial charge is 0.319 e. The van der Waals surface area contributed by atoms with Crippen LogP contribution >= 0.6 is 0 Å². The molecule has 1 aliphatic carbocycles. The second-order valence-electron chi connectivity index (χ2n) is 5.14. The Morgan fingerprint density at radius 1 is 1.40 bits per heavy atom. The minimum Gasteiger partial charge on any atom is -0.388 e. The fourth-order valence-electron chi connectivity index (χ4n) is 2.34. The van der Waals surface area contributed by atoms with E-state index in [1.54, 1.807) is 6.07 Å². The Morgan fingerprint density at radius 3 is 2.75 bits per heavy atom. The highest BCUT2D eigenvalue weighted by molar-refractivity contribution is 5.89. The van der Waals surface area contributed by atoms with Crippen LogP contribution in [0.1, 0.15) is 37.8 Å². The third kappa shape index (κ3) is 3.93. The monoisotopic (exact) mass is 274 g/mol. The van der Waals surface area contributed by atoms with Crippen LogP contribution in [0.5, 0.6) is 0 Å². The van der Waals surface area contributed by atoms with Gasteiger partial charge in [-0.15, -0.1) is 0 Å². The van der Waals surface area contributed by atoms with Crippen molar-refractivity contribution in [1.82, 2.24) is 10.3 Å². The zero-order chi connectivity index (χ0) is 14.4. The summed E-state index contributed by atoms with van der Waals surface area (Å²) >= 11 is 0. The largest absolute Gasteiger partial charge is 0.388 e. The number of anilines is 1. The first-order valence-electron chi connectivity index (χ1n) is 6.75. The SMILES string of the molecule is N#Cc1ccc(NC(=O)NCC2(O)CCCCC2)cn1. The molecule has 6 heteroatoms. The van der Waals surface area contributed by atoms with Crippen LogP contribution in [0, 0.1) is 11.3 Å². The van der Waals surface area contributed by atoms with E-state index >= 15 is 0 Å². The maximum absolute atomic E-state index is 11.7. The number of urea groups is 1. The maximum atomic E-state index is 11.7. The quantitative estimate of drug-likeness (QED) is 0.782. The Morgan fingerprint density at radius 2 is 2.15 bits per heavy atom. The molecule has 1 saturated carbocycles. The molecule has 6 nitrogen and oxygen atoms in total. The molecule has 20 heavy (non-hydrogen) atoms. The van der Waals surface area contributed by atoms with Crippen molar-refractivity contribution < 1.29 is 9.90 Å². The number of carbonyl (C=O) groups is 1. The molecule has 106 valence electrons. The standard InChI is InChI=1S/C14H18N4O2/c15-8-11-4-5-12(9-16-11)18-13(19)17-10-14(20)6-2-1-3-7-14/h4-5,9,20H,1-3,6-7,10H2,(H2,17,18,19). The molecule has 3 N–H and O–H groups in total. The highest BCUT2D eigenvalue weighted by atomic mass is 16.3. The van der Waals surface area contributed by atoms with E-state index in [1.807, 2.05) is 6.07 Å². The van der Waals surface area contributed by atoms with Crippen LogP contribution < -0.4 is 10.6 Å². The molecule has 0 radical (unpaired) electrons. The zero-order valence-electron chi connectivity index (χ0n) is 11.2. The number of aromatic nitrogens is 1. The number of amides is 2. The van der Waals surface area contributed by atoms with E-state index in [-0.39, 0.29) is 12.6 Å². The molecular weight excluding hydrogens is 256 g/mol. The molecule has 0 aromatic carbocycles. The van der Waals surface area contributed by atoms with Crippen LogP contribution in [-0.4, -0.2) is 28.3 Å². The number of nitrogens with zero attached hydrogens (tertiary/aromatic N) is 2. The maximum Gasteiger partial charge on any atom is 0.319 e. The summed E-state index contributed by atoms with van der Waals surface area (Å²) in [4.78, 5) is 15.6. The van der Waals surface area contributed by atoms with Crippen LogP contribution in [0.3, 0.4) is 0 Å². The van der Waals surface area contributed by atoms with Crippen molar-refractivity contribution in [3.8, 4) is 6.07 Å². The Hall–Kier alpha value is -2.13. The van der Waals surface area contributed by atoms with Crippen molar-refractivity contribution in [3.05, 3.63) is 24.0 Å². The van der Waals surface area contributed by atoms with Gasteiger partial charge in [-0.05, 0) is 25.0 Å². The summed E-state index contributed by atoms with van der Waals surface area (Å²) in [5.41, 5.74) is 0.0306. The summed E-state index contributed by atoms with van der Waals surface area (Å²) in [6.07, 6.45) is 6.02. The van der Waals surface area contributed by atoms with Crippen LogP contribution in [0.4, 0.5) is 10.5 Å². The lowest BCUT2D eigenvalue weighted by Gasteiger charge is -2.32. The molecule has 0 atom stereocenters. The molecular formula is C14H18N4O2. The van der Waals surface area contributed by atoms with E-state index in [2.05, 4.69) is 15.6 Å². The van der Waals surface area contributed by atoms with Crippen molar-refractivity contribution in [2.75, 3.05) is 11.9 Å². The van der Waals surface area contributed by atoms with Crippen LogP contribution in [-0.2, 0) is 0 Å². The number of pyridine rings is 1. The first-order chi connectivity index (χ1) is 9.61. The third-order valence-electron chi connectivity index (χ3n) is 3.50. The molecule has 1 aromatic rings. The molecule has 1 aliphatic rings. The third-order valence-corrected chi connectivity index (χ3v) is 3.50. The molecule has 0 saturated heterocycles. The predicted molar refractivity (Wildman–Crippen MR) is 74.0 cm³/mol. The first kappa shape index (κ1) is 14.3. The predicted octanol–water partition coefficient (Wildman–Crippen LogP) is 1.77. The van der Waals surface area contributed by atoms with Gasteiger partial charge in [-0.25, -0.2) is 9.78 Å².